The van der Waals surface area contributed by atoms with Crippen molar-refractivity contribution in [3.8, 4) is 0 Å². The molecular weight excluding hydrogens is 330 g/mol. The van der Waals surface area contributed by atoms with Gasteiger partial charge in [0, 0.05) is 26.2 Å². The summed E-state index contributed by atoms with van der Waals surface area (Å²) in [4.78, 5) is 18.3. The fourth-order valence-corrected chi connectivity index (χ4v) is 3.88. The van der Waals surface area contributed by atoms with E-state index in [-0.39, 0.29) is 5.56 Å². The van der Waals surface area contributed by atoms with Crippen LogP contribution < -0.4 is 5.56 Å². The predicted molar refractivity (Wildman–Crippen MR) is 103 cm³/mol. The molecule has 25 heavy (non-hydrogen) atoms. The number of nitrogens with one attached hydrogen (secondary N) is 1. The minimum atomic E-state index is 0.00309. The smallest absolute Gasteiger partial charge is 0.262 e. The second kappa shape index (κ2) is 6.94. The van der Waals surface area contributed by atoms with Gasteiger partial charge < -0.3 is 4.98 Å². The zero-order valence-corrected chi connectivity index (χ0v) is 14.9. The molecule has 1 aliphatic heterocycles. The molecule has 4 rings (SSSR count). The number of rotatable bonds is 4. The molecule has 0 radical (unpaired) electrons. The van der Waals surface area contributed by atoms with Crippen LogP contribution in [-0.2, 0) is 19.5 Å². The third-order valence-electron chi connectivity index (χ3n) is 4.96. The zero-order valence-electron chi connectivity index (χ0n) is 14.1. The molecule has 0 fully saturated rings. The molecule has 3 aromatic rings. The highest BCUT2D eigenvalue weighted by atomic mass is 32.1. The maximum Gasteiger partial charge on any atom is 0.262 e. The Hall–Kier alpha value is -2.24. The molecule has 128 valence electrons. The van der Waals surface area contributed by atoms with Gasteiger partial charge >= 0.3 is 0 Å². The SMILES string of the molecule is O=c1c2ccccc2[nH]c(=S)n1CCCN1CCc2ccccc2C1. The fraction of sp³-hybridized carbons (Fsp3) is 0.300. The molecule has 0 amide bonds. The summed E-state index contributed by atoms with van der Waals surface area (Å²) in [5, 5.41) is 0.697. The highest BCUT2D eigenvalue weighted by Gasteiger charge is 2.15. The first kappa shape index (κ1) is 16.2. The van der Waals surface area contributed by atoms with Crippen molar-refractivity contribution in [3.63, 3.8) is 0 Å². The predicted octanol–water partition coefficient (Wildman–Crippen LogP) is 3.51. The number of benzene rings is 2. The van der Waals surface area contributed by atoms with Crippen LogP contribution >= 0.6 is 12.2 Å². The normalized spacial score (nSPS) is 14.6. The summed E-state index contributed by atoms with van der Waals surface area (Å²) in [6.45, 7) is 3.70. The van der Waals surface area contributed by atoms with Crippen LogP contribution in [0.15, 0.2) is 53.3 Å². The Kier molecular flexibility index (Phi) is 4.51. The maximum atomic E-state index is 12.7. The van der Waals surface area contributed by atoms with E-state index in [1.165, 1.54) is 11.1 Å². The van der Waals surface area contributed by atoms with Gasteiger partial charge in [-0.1, -0.05) is 36.4 Å². The Morgan fingerprint density at radius 1 is 1.00 bits per heavy atom. The lowest BCUT2D eigenvalue weighted by Crippen LogP contribution is -2.32. The molecule has 4 nitrogen and oxygen atoms in total. The van der Waals surface area contributed by atoms with E-state index in [2.05, 4.69) is 34.1 Å². The number of aromatic amines is 1. The number of nitrogens with zero attached hydrogens (tertiary/aromatic N) is 2. The summed E-state index contributed by atoms with van der Waals surface area (Å²) in [6, 6.07) is 16.2. The lowest BCUT2D eigenvalue weighted by Gasteiger charge is -2.28. The Morgan fingerprint density at radius 2 is 1.76 bits per heavy atom. The molecule has 0 saturated heterocycles. The summed E-state index contributed by atoms with van der Waals surface area (Å²) < 4.78 is 2.20. The first-order chi connectivity index (χ1) is 12.2. The summed E-state index contributed by atoms with van der Waals surface area (Å²) in [7, 11) is 0. The van der Waals surface area contributed by atoms with Crippen molar-refractivity contribution in [2.45, 2.75) is 25.9 Å². The highest BCUT2D eigenvalue weighted by Crippen LogP contribution is 2.18. The Bertz CT molecular complexity index is 1020. The van der Waals surface area contributed by atoms with Gasteiger partial charge in [0.1, 0.15) is 0 Å². The van der Waals surface area contributed by atoms with Crippen molar-refractivity contribution in [2.75, 3.05) is 13.1 Å². The van der Waals surface area contributed by atoms with Crippen LogP contribution in [0.3, 0.4) is 0 Å². The lowest BCUT2D eigenvalue weighted by molar-refractivity contribution is 0.246. The van der Waals surface area contributed by atoms with Gasteiger partial charge in [-0.15, -0.1) is 0 Å². The van der Waals surface area contributed by atoms with Gasteiger partial charge in [-0.05, 0) is 48.3 Å². The molecule has 0 atom stereocenters. The monoisotopic (exact) mass is 351 g/mol. The molecule has 2 aromatic carbocycles. The van der Waals surface area contributed by atoms with E-state index in [1.54, 1.807) is 4.57 Å². The second-order valence-corrected chi connectivity index (χ2v) is 6.97. The van der Waals surface area contributed by atoms with E-state index in [1.807, 2.05) is 24.3 Å². The molecule has 2 heterocycles. The standard InChI is InChI=1S/C20H21N3OS/c24-19-17-8-3-4-9-18(17)21-20(25)23(19)12-5-11-22-13-10-15-6-1-2-7-16(15)14-22/h1-4,6-9H,5,10-14H2,(H,21,25). The molecular formula is C20H21N3OS. The average Bonchev–Trinajstić information content (AvgIpc) is 2.64. The van der Waals surface area contributed by atoms with Crippen molar-refractivity contribution in [3.05, 3.63) is 74.8 Å². The molecule has 0 saturated carbocycles. The number of fused-ring (bicyclic) bond motifs is 2. The minimum Gasteiger partial charge on any atom is -0.332 e. The summed E-state index contributed by atoms with van der Waals surface area (Å²) in [5.74, 6) is 0. The van der Waals surface area contributed by atoms with E-state index in [9.17, 15) is 4.79 Å². The van der Waals surface area contributed by atoms with Crippen LogP contribution in [0.4, 0.5) is 0 Å². The molecule has 1 aliphatic rings. The number of H-pyrrole nitrogens is 1. The minimum absolute atomic E-state index is 0.00309. The first-order valence-electron chi connectivity index (χ1n) is 8.73. The molecule has 1 aromatic heterocycles. The topological polar surface area (TPSA) is 41.0 Å². The van der Waals surface area contributed by atoms with Gasteiger partial charge in [-0.2, -0.15) is 0 Å². The number of hydrogen-bond acceptors (Lipinski definition) is 3. The Labute approximate surface area is 151 Å². The number of hydrogen-bond donors (Lipinski definition) is 1. The van der Waals surface area contributed by atoms with E-state index in [0.717, 1.165) is 38.0 Å². The van der Waals surface area contributed by atoms with Crippen molar-refractivity contribution in [1.29, 1.82) is 0 Å². The van der Waals surface area contributed by atoms with Gasteiger partial charge in [-0.3, -0.25) is 14.3 Å². The van der Waals surface area contributed by atoms with Crippen LogP contribution in [0.2, 0.25) is 0 Å². The van der Waals surface area contributed by atoms with E-state index >= 15 is 0 Å². The number of para-hydroxylation sites is 1. The molecule has 0 bridgehead atoms. The van der Waals surface area contributed by atoms with E-state index in [0.29, 0.717) is 16.7 Å². The van der Waals surface area contributed by atoms with Crippen LogP contribution in [-0.4, -0.2) is 27.5 Å². The Balaban J connectivity index is 1.45. The highest BCUT2D eigenvalue weighted by molar-refractivity contribution is 7.71. The largest absolute Gasteiger partial charge is 0.332 e. The third-order valence-corrected chi connectivity index (χ3v) is 5.28. The lowest BCUT2D eigenvalue weighted by atomic mass is 10.00. The summed E-state index contributed by atoms with van der Waals surface area (Å²) >= 11 is 5.38. The average molecular weight is 351 g/mol. The zero-order chi connectivity index (χ0) is 17.2. The van der Waals surface area contributed by atoms with Gasteiger partial charge in [0.05, 0.1) is 10.9 Å². The van der Waals surface area contributed by atoms with Gasteiger partial charge in [0.2, 0.25) is 0 Å². The second-order valence-electron chi connectivity index (χ2n) is 6.58. The molecule has 0 spiro atoms. The van der Waals surface area contributed by atoms with E-state index < -0.39 is 0 Å². The molecule has 1 N–H and O–H groups in total. The Morgan fingerprint density at radius 3 is 2.64 bits per heavy atom. The van der Waals surface area contributed by atoms with Crippen LogP contribution in [0, 0.1) is 4.77 Å². The summed E-state index contributed by atoms with van der Waals surface area (Å²) in [5.41, 5.74) is 3.70. The number of aromatic nitrogens is 2. The summed E-state index contributed by atoms with van der Waals surface area (Å²) in [6.07, 6.45) is 2.02. The molecule has 0 aliphatic carbocycles. The fourth-order valence-electron chi connectivity index (χ4n) is 3.60. The van der Waals surface area contributed by atoms with E-state index in [4.69, 9.17) is 12.2 Å². The van der Waals surface area contributed by atoms with Gasteiger partial charge in [-0.25, -0.2) is 0 Å². The maximum absolute atomic E-state index is 12.7. The quantitative estimate of drug-likeness (QED) is 0.732. The van der Waals surface area contributed by atoms with Crippen LogP contribution in [0.1, 0.15) is 17.5 Å². The van der Waals surface area contributed by atoms with Crippen molar-refractivity contribution in [2.24, 2.45) is 0 Å². The molecule has 5 heteroatoms. The van der Waals surface area contributed by atoms with Crippen molar-refractivity contribution in [1.82, 2.24) is 14.5 Å². The van der Waals surface area contributed by atoms with Crippen LogP contribution in [0.25, 0.3) is 10.9 Å². The van der Waals surface area contributed by atoms with Crippen molar-refractivity contribution >= 4 is 23.1 Å². The van der Waals surface area contributed by atoms with Gasteiger partial charge in [0.25, 0.3) is 5.56 Å². The van der Waals surface area contributed by atoms with Crippen LogP contribution in [0.5, 0.6) is 0 Å². The molecule has 0 unspecified atom stereocenters. The van der Waals surface area contributed by atoms with Gasteiger partial charge in [0.15, 0.2) is 4.77 Å². The first-order valence-corrected chi connectivity index (χ1v) is 9.14. The van der Waals surface area contributed by atoms with Crippen molar-refractivity contribution < 1.29 is 0 Å². The third kappa shape index (κ3) is 3.30.